The Morgan fingerprint density at radius 1 is 1.10 bits per heavy atom. The predicted octanol–water partition coefficient (Wildman–Crippen LogP) is 2.70. The minimum atomic E-state index is -0.629. The number of nitrogens with zero attached hydrogens (tertiary/aromatic N) is 1. The van der Waals surface area contributed by atoms with Gasteiger partial charge in [0, 0.05) is 29.5 Å². The Hall–Kier alpha value is -3.09. The number of para-hydroxylation sites is 1. The van der Waals surface area contributed by atoms with E-state index in [9.17, 15) is 14.9 Å². The van der Waals surface area contributed by atoms with Crippen molar-refractivity contribution < 1.29 is 9.72 Å². The number of nitrogens with one attached hydrogen (secondary N) is 2. The highest BCUT2D eigenvalue weighted by Crippen LogP contribution is 2.20. The Bertz CT molecular complexity index is 656. The summed E-state index contributed by atoms with van der Waals surface area (Å²) in [6.07, 6.45) is 0. The lowest BCUT2D eigenvalue weighted by molar-refractivity contribution is -0.385. The van der Waals surface area contributed by atoms with Crippen molar-refractivity contribution in [3.05, 3.63) is 64.2 Å². The van der Waals surface area contributed by atoms with E-state index in [2.05, 4.69) is 10.6 Å². The van der Waals surface area contributed by atoms with Gasteiger partial charge in [0.2, 0.25) is 0 Å². The number of nitrogens with two attached hydrogens (primary N) is 1. The Balaban J connectivity index is 2.03. The highest BCUT2D eigenvalue weighted by atomic mass is 16.6. The number of urea groups is 1. The molecule has 0 unspecified atom stereocenters. The van der Waals surface area contributed by atoms with Crippen molar-refractivity contribution in [1.29, 1.82) is 0 Å². The van der Waals surface area contributed by atoms with Crippen LogP contribution in [0.3, 0.4) is 0 Å². The summed E-state index contributed by atoms with van der Waals surface area (Å²) in [5.74, 6) is 0. The maximum absolute atomic E-state index is 10.9. The number of nitro groups is 1. The maximum atomic E-state index is 10.9. The van der Waals surface area contributed by atoms with Gasteiger partial charge in [-0.25, -0.2) is 4.79 Å². The van der Waals surface area contributed by atoms with Crippen LogP contribution in [0.1, 0.15) is 5.56 Å². The topological polar surface area (TPSA) is 110 Å². The van der Waals surface area contributed by atoms with Gasteiger partial charge in [-0.1, -0.05) is 18.2 Å². The van der Waals surface area contributed by atoms with E-state index in [-0.39, 0.29) is 5.69 Å². The molecule has 0 fully saturated rings. The standard InChI is InChI=1S/C14H14N4O3/c15-14(19)17-12-7-5-11(6-8-12)16-9-10-3-1-2-4-13(10)18(20)21/h1-8,16H,9H2,(H3,15,17,19). The van der Waals surface area contributed by atoms with Crippen LogP contribution >= 0.6 is 0 Å². The highest BCUT2D eigenvalue weighted by molar-refractivity contribution is 5.87. The van der Waals surface area contributed by atoms with E-state index in [0.29, 0.717) is 17.8 Å². The van der Waals surface area contributed by atoms with Crippen LogP contribution in [0.15, 0.2) is 48.5 Å². The molecule has 0 aliphatic carbocycles. The van der Waals surface area contributed by atoms with Gasteiger partial charge in [0.25, 0.3) is 5.69 Å². The monoisotopic (exact) mass is 286 g/mol. The summed E-state index contributed by atoms with van der Waals surface area (Å²) in [5.41, 5.74) is 7.06. The molecule has 0 saturated carbocycles. The van der Waals surface area contributed by atoms with Gasteiger partial charge in [-0.2, -0.15) is 0 Å². The molecule has 0 saturated heterocycles. The molecule has 0 aliphatic rings. The smallest absolute Gasteiger partial charge is 0.316 e. The Morgan fingerprint density at radius 3 is 2.33 bits per heavy atom. The van der Waals surface area contributed by atoms with E-state index in [0.717, 1.165) is 5.69 Å². The third-order valence-electron chi connectivity index (χ3n) is 2.82. The predicted molar refractivity (Wildman–Crippen MR) is 80.1 cm³/mol. The van der Waals surface area contributed by atoms with E-state index < -0.39 is 11.0 Å². The molecule has 0 radical (unpaired) electrons. The van der Waals surface area contributed by atoms with Crippen LogP contribution < -0.4 is 16.4 Å². The number of rotatable bonds is 5. The number of primary amides is 1. The fourth-order valence-corrected chi connectivity index (χ4v) is 1.85. The molecule has 7 nitrogen and oxygen atoms in total. The largest absolute Gasteiger partial charge is 0.381 e. The molecule has 2 rings (SSSR count). The highest BCUT2D eigenvalue weighted by Gasteiger charge is 2.11. The van der Waals surface area contributed by atoms with Crippen LogP contribution in [0.5, 0.6) is 0 Å². The molecule has 0 spiro atoms. The summed E-state index contributed by atoms with van der Waals surface area (Å²) in [4.78, 5) is 21.2. The third-order valence-corrected chi connectivity index (χ3v) is 2.82. The molecule has 0 heterocycles. The number of hydrogen-bond acceptors (Lipinski definition) is 4. The van der Waals surface area contributed by atoms with Crippen molar-refractivity contribution in [2.75, 3.05) is 10.6 Å². The Morgan fingerprint density at radius 2 is 1.71 bits per heavy atom. The third kappa shape index (κ3) is 3.93. The van der Waals surface area contributed by atoms with E-state index in [1.54, 1.807) is 42.5 Å². The van der Waals surface area contributed by atoms with Gasteiger partial charge in [-0.05, 0) is 24.3 Å². The average molecular weight is 286 g/mol. The minimum absolute atomic E-state index is 0.0806. The lowest BCUT2D eigenvalue weighted by Crippen LogP contribution is -2.19. The van der Waals surface area contributed by atoms with Gasteiger partial charge >= 0.3 is 6.03 Å². The van der Waals surface area contributed by atoms with Gasteiger partial charge < -0.3 is 16.4 Å². The first kappa shape index (κ1) is 14.3. The first-order valence-electron chi connectivity index (χ1n) is 6.19. The maximum Gasteiger partial charge on any atom is 0.316 e. The second kappa shape index (κ2) is 6.38. The zero-order chi connectivity index (χ0) is 15.2. The zero-order valence-electron chi connectivity index (χ0n) is 11.1. The van der Waals surface area contributed by atoms with Crippen molar-refractivity contribution in [2.45, 2.75) is 6.54 Å². The van der Waals surface area contributed by atoms with Gasteiger partial charge in [-0.3, -0.25) is 10.1 Å². The lowest BCUT2D eigenvalue weighted by Gasteiger charge is -2.08. The molecule has 2 aromatic rings. The van der Waals surface area contributed by atoms with Gasteiger partial charge in [0.15, 0.2) is 0 Å². The molecular formula is C14H14N4O3. The molecule has 4 N–H and O–H groups in total. The zero-order valence-corrected chi connectivity index (χ0v) is 11.1. The molecule has 108 valence electrons. The quantitative estimate of drug-likeness (QED) is 0.579. The Labute approximate surface area is 120 Å². The molecular weight excluding hydrogens is 272 g/mol. The Kier molecular flexibility index (Phi) is 4.35. The fraction of sp³-hybridized carbons (Fsp3) is 0.0714. The van der Waals surface area contributed by atoms with Gasteiger partial charge in [-0.15, -0.1) is 0 Å². The van der Waals surface area contributed by atoms with Crippen molar-refractivity contribution >= 4 is 23.1 Å². The van der Waals surface area contributed by atoms with Gasteiger partial charge in [0.1, 0.15) is 0 Å². The number of amides is 2. The van der Waals surface area contributed by atoms with Gasteiger partial charge in [0.05, 0.1) is 4.92 Å². The summed E-state index contributed by atoms with van der Waals surface area (Å²) < 4.78 is 0. The average Bonchev–Trinajstić information content (AvgIpc) is 2.46. The summed E-state index contributed by atoms with van der Waals surface area (Å²) in [7, 11) is 0. The van der Waals surface area contributed by atoms with E-state index in [1.165, 1.54) is 6.07 Å². The molecule has 2 amide bonds. The minimum Gasteiger partial charge on any atom is -0.381 e. The molecule has 0 aliphatic heterocycles. The van der Waals surface area contributed by atoms with Crippen molar-refractivity contribution in [3.8, 4) is 0 Å². The second-order valence-corrected chi connectivity index (χ2v) is 4.31. The SMILES string of the molecule is NC(=O)Nc1ccc(NCc2ccccc2[N+](=O)[O-])cc1. The van der Waals surface area contributed by atoms with Crippen LogP contribution in [0.4, 0.5) is 21.9 Å². The molecule has 21 heavy (non-hydrogen) atoms. The number of carbonyl (C=O) groups is 1. The molecule has 7 heteroatoms. The number of nitro benzene ring substituents is 1. The van der Waals surface area contributed by atoms with Crippen LogP contribution in [0.25, 0.3) is 0 Å². The van der Waals surface area contributed by atoms with Crippen LogP contribution in [-0.4, -0.2) is 11.0 Å². The number of hydrogen-bond donors (Lipinski definition) is 3. The van der Waals surface area contributed by atoms with Crippen LogP contribution in [0, 0.1) is 10.1 Å². The van der Waals surface area contributed by atoms with Crippen molar-refractivity contribution in [2.24, 2.45) is 5.73 Å². The van der Waals surface area contributed by atoms with E-state index in [4.69, 9.17) is 5.73 Å². The first-order chi connectivity index (χ1) is 10.1. The summed E-state index contributed by atoms with van der Waals surface area (Å²) in [5, 5.41) is 16.4. The summed E-state index contributed by atoms with van der Waals surface area (Å²) >= 11 is 0. The number of carbonyl (C=O) groups excluding carboxylic acids is 1. The molecule has 2 aromatic carbocycles. The normalized spacial score (nSPS) is 9.90. The van der Waals surface area contributed by atoms with Crippen LogP contribution in [0.2, 0.25) is 0 Å². The van der Waals surface area contributed by atoms with Crippen molar-refractivity contribution in [3.63, 3.8) is 0 Å². The van der Waals surface area contributed by atoms with E-state index >= 15 is 0 Å². The fourth-order valence-electron chi connectivity index (χ4n) is 1.85. The number of benzene rings is 2. The molecule has 0 aromatic heterocycles. The van der Waals surface area contributed by atoms with Crippen molar-refractivity contribution in [1.82, 2.24) is 0 Å². The molecule has 0 atom stereocenters. The second-order valence-electron chi connectivity index (χ2n) is 4.31. The number of anilines is 2. The lowest BCUT2D eigenvalue weighted by atomic mass is 10.1. The first-order valence-corrected chi connectivity index (χ1v) is 6.19. The van der Waals surface area contributed by atoms with E-state index in [1.807, 2.05) is 0 Å². The van der Waals surface area contributed by atoms with Crippen LogP contribution in [-0.2, 0) is 6.54 Å². The summed E-state index contributed by atoms with van der Waals surface area (Å²) in [6.45, 7) is 0.333. The summed E-state index contributed by atoms with van der Waals surface area (Å²) in [6, 6.07) is 12.8. The molecule has 0 bridgehead atoms.